The van der Waals surface area contributed by atoms with Crippen LogP contribution in [0.15, 0.2) is 42.5 Å². The summed E-state index contributed by atoms with van der Waals surface area (Å²) in [4.78, 5) is 25.9. The van der Waals surface area contributed by atoms with Gasteiger partial charge >= 0.3 is 0 Å². The van der Waals surface area contributed by atoms with Crippen LogP contribution >= 0.6 is 0 Å². The number of nitrogens with one attached hydrogen (secondary N) is 1. The van der Waals surface area contributed by atoms with Crippen LogP contribution in [0.5, 0.6) is 0 Å². The van der Waals surface area contributed by atoms with Crippen LogP contribution in [-0.2, 0) is 11.2 Å². The van der Waals surface area contributed by atoms with E-state index in [0.717, 1.165) is 41.9 Å². The van der Waals surface area contributed by atoms with E-state index in [-0.39, 0.29) is 11.8 Å². The first-order chi connectivity index (χ1) is 11.0. The molecule has 1 aliphatic rings. The molecule has 0 saturated heterocycles. The minimum atomic E-state index is -0.128. The van der Waals surface area contributed by atoms with Crippen LogP contribution in [0.1, 0.15) is 34.8 Å². The molecule has 0 saturated carbocycles. The highest BCUT2D eigenvalue weighted by Crippen LogP contribution is 2.28. The highest BCUT2D eigenvalue weighted by Gasteiger charge is 2.21. The lowest BCUT2D eigenvalue weighted by Gasteiger charge is -2.28. The first kappa shape index (κ1) is 15.3. The number of carbonyl (C=O) groups excluding carboxylic acids is 2. The molecule has 2 aromatic carbocycles. The number of aryl methyl sites for hydroxylation is 2. The molecule has 0 aliphatic carbocycles. The van der Waals surface area contributed by atoms with Gasteiger partial charge in [0.15, 0.2) is 0 Å². The van der Waals surface area contributed by atoms with Crippen LogP contribution in [0.3, 0.4) is 0 Å². The first-order valence-corrected chi connectivity index (χ1v) is 7.83. The Balaban J connectivity index is 1.82. The Morgan fingerprint density at radius 1 is 1.09 bits per heavy atom. The number of nitrogens with zero attached hydrogens (tertiary/aromatic N) is 1. The third kappa shape index (κ3) is 3.26. The normalized spacial score (nSPS) is 13.4. The predicted octanol–water partition coefficient (Wildman–Crippen LogP) is 3.55. The summed E-state index contributed by atoms with van der Waals surface area (Å²) in [5.74, 6) is -0.0839. The fourth-order valence-electron chi connectivity index (χ4n) is 2.91. The third-order valence-electron chi connectivity index (χ3n) is 4.15. The molecule has 0 unspecified atom stereocenters. The molecule has 4 heteroatoms. The first-order valence-electron chi connectivity index (χ1n) is 7.83. The lowest BCUT2D eigenvalue weighted by Crippen LogP contribution is -2.33. The van der Waals surface area contributed by atoms with E-state index in [4.69, 9.17) is 0 Å². The van der Waals surface area contributed by atoms with Gasteiger partial charge in [-0.05, 0) is 55.7 Å². The molecular formula is C19H20N2O2. The number of benzene rings is 2. The second kappa shape index (κ2) is 6.24. The number of hydrogen-bond donors (Lipinski definition) is 1. The van der Waals surface area contributed by atoms with Crippen molar-refractivity contribution in [2.75, 3.05) is 16.8 Å². The quantitative estimate of drug-likeness (QED) is 0.922. The standard InChI is InChI=1S/C19H20N2O2/c1-13-5-8-17(9-6-13)20-19(23)16-7-10-18-15(12-16)4-3-11-21(18)14(2)22/h5-10,12H,3-4,11H2,1-2H3,(H,20,23). The van der Waals surface area contributed by atoms with Crippen molar-refractivity contribution in [3.63, 3.8) is 0 Å². The maximum absolute atomic E-state index is 12.4. The zero-order chi connectivity index (χ0) is 16.4. The van der Waals surface area contributed by atoms with Gasteiger partial charge in [-0.25, -0.2) is 0 Å². The minimum absolute atomic E-state index is 0.0443. The van der Waals surface area contributed by atoms with Crippen LogP contribution in [0, 0.1) is 6.92 Å². The van der Waals surface area contributed by atoms with Crippen molar-refractivity contribution in [1.29, 1.82) is 0 Å². The fraction of sp³-hybridized carbons (Fsp3) is 0.263. The summed E-state index contributed by atoms with van der Waals surface area (Å²) in [7, 11) is 0. The SMILES string of the molecule is CC(=O)N1CCCc2cc(C(=O)Nc3ccc(C)cc3)ccc21. The van der Waals surface area contributed by atoms with Crippen LogP contribution in [-0.4, -0.2) is 18.4 Å². The van der Waals surface area contributed by atoms with E-state index in [1.165, 1.54) is 0 Å². The maximum atomic E-state index is 12.4. The zero-order valence-corrected chi connectivity index (χ0v) is 13.4. The maximum Gasteiger partial charge on any atom is 0.255 e. The van der Waals surface area contributed by atoms with Crippen LogP contribution in [0.25, 0.3) is 0 Å². The molecule has 0 aromatic heterocycles. The summed E-state index contributed by atoms with van der Waals surface area (Å²) in [6.07, 6.45) is 1.82. The second-order valence-electron chi connectivity index (χ2n) is 5.94. The Morgan fingerprint density at radius 3 is 2.52 bits per heavy atom. The van der Waals surface area contributed by atoms with E-state index in [1.54, 1.807) is 17.9 Å². The lowest BCUT2D eigenvalue weighted by atomic mass is 9.99. The van der Waals surface area contributed by atoms with Crippen molar-refractivity contribution in [1.82, 2.24) is 0 Å². The molecule has 0 spiro atoms. The van der Waals surface area contributed by atoms with Gasteiger partial charge in [0.1, 0.15) is 0 Å². The highest BCUT2D eigenvalue weighted by atomic mass is 16.2. The predicted molar refractivity (Wildman–Crippen MR) is 91.9 cm³/mol. The molecule has 0 radical (unpaired) electrons. The monoisotopic (exact) mass is 308 g/mol. The number of carbonyl (C=O) groups is 2. The summed E-state index contributed by atoms with van der Waals surface area (Å²) >= 11 is 0. The Morgan fingerprint density at radius 2 is 1.83 bits per heavy atom. The summed E-state index contributed by atoms with van der Waals surface area (Å²) < 4.78 is 0. The van der Waals surface area contributed by atoms with Crippen molar-refractivity contribution in [2.24, 2.45) is 0 Å². The Labute approximate surface area is 136 Å². The molecule has 2 amide bonds. The van der Waals surface area contributed by atoms with Gasteiger partial charge in [0, 0.05) is 30.4 Å². The molecule has 3 rings (SSSR count). The van der Waals surface area contributed by atoms with Gasteiger partial charge in [-0.15, -0.1) is 0 Å². The van der Waals surface area contributed by atoms with E-state index in [0.29, 0.717) is 5.56 Å². The number of fused-ring (bicyclic) bond motifs is 1. The number of amides is 2. The van der Waals surface area contributed by atoms with Crippen molar-refractivity contribution >= 4 is 23.2 Å². The van der Waals surface area contributed by atoms with Gasteiger partial charge in [0.2, 0.25) is 5.91 Å². The average molecular weight is 308 g/mol. The summed E-state index contributed by atoms with van der Waals surface area (Å²) in [6, 6.07) is 13.3. The number of hydrogen-bond acceptors (Lipinski definition) is 2. The topological polar surface area (TPSA) is 49.4 Å². The smallest absolute Gasteiger partial charge is 0.255 e. The minimum Gasteiger partial charge on any atom is -0.322 e. The molecule has 1 N–H and O–H groups in total. The van der Waals surface area contributed by atoms with E-state index in [9.17, 15) is 9.59 Å². The van der Waals surface area contributed by atoms with Crippen LogP contribution in [0.4, 0.5) is 11.4 Å². The van der Waals surface area contributed by atoms with Gasteiger partial charge < -0.3 is 10.2 Å². The lowest BCUT2D eigenvalue weighted by molar-refractivity contribution is -0.116. The Kier molecular flexibility index (Phi) is 4.15. The van der Waals surface area contributed by atoms with Crippen molar-refractivity contribution in [3.05, 3.63) is 59.2 Å². The van der Waals surface area contributed by atoms with Gasteiger partial charge in [-0.3, -0.25) is 9.59 Å². The molecule has 1 heterocycles. The van der Waals surface area contributed by atoms with E-state index in [1.807, 2.05) is 43.3 Å². The summed E-state index contributed by atoms with van der Waals surface area (Å²) in [5.41, 5.74) is 4.54. The molecule has 2 aromatic rings. The summed E-state index contributed by atoms with van der Waals surface area (Å²) in [6.45, 7) is 4.33. The van der Waals surface area contributed by atoms with Crippen molar-refractivity contribution in [2.45, 2.75) is 26.7 Å². The molecule has 0 atom stereocenters. The third-order valence-corrected chi connectivity index (χ3v) is 4.15. The summed E-state index contributed by atoms with van der Waals surface area (Å²) in [5, 5.41) is 2.91. The number of rotatable bonds is 2. The second-order valence-corrected chi connectivity index (χ2v) is 5.94. The molecule has 118 valence electrons. The fourth-order valence-corrected chi connectivity index (χ4v) is 2.91. The van der Waals surface area contributed by atoms with Crippen molar-refractivity contribution in [3.8, 4) is 0 Å². The molecule has 1 aliphatic heterocycles. The molecule has 4 nitrogen and oxygen atoms in total. The average Bonchev–Trinajstić information content (AvgIpc) is 2.55. The van der Waals surface area contributed by atoms with E-state index >= 15 is 0 Å². The zero-order valence-electron chi connectivity index (χ0n) is 13.4. The van der Waals surface area contributed by atoms with Crippen LogP contribution in [0.2, 0.25) is 0 Å². The van der Waals surface area contributed by atoms with Gasteiger partial charge in [0.05, 0.1) is 0 Å². The molecular weight excluding hydrogens is 288 g/mol. The van der Waals surface area contributed by atoms with Gasteiger partial charge in [-0.2, -0.15) is 0 Å². The van der Waals surface area contributed by atoms with Crippen LogP contribution < -0.4 is 10.2 Å². The Hall–Kier alpha value is -2.62. The van der Waals surface area contributed by atoms with Crippen molar-refractivity contribution < 1.29 is 9.59 Å². The molecule has 23 heavy (non-hydrogen) atoms. The largest absolute Gasteiger partial charge is 0.322 e. The highest BCUT2D eigenvalue weighted by molar-refractivity contribution is 6.05. The van der Waals surface area contributed by atoms with E-state index < -0.39 is 0 Å². The van der Waals surface area contributed by atoms with Gasteiger partial charge in [0.25, 0.3) is 5.91 Å². The van der Waals surface area contributed by atoms with E-state index in [2.05, 4.69) is 5.32 Å². The number of anilines is 2. The van der Waals surface area contributed by atoms with Gasteiger partial charge in [-0.1, -0.05) is 17.7 Å². The molecule has 0 fully saturated rings. The Bertz CT molecular complexity index is 750. The molecule has 0 bridgehead atoms.